The number of amides is 1. The molecule has 1 fully saturated rings. The largest absolute Gasteiger partial charge is 0.372 e. The van der Waals surface area contributed by atoms with Crippen molar-refractivity contribution in [2.24, 2.45) is 7.05 Å². The molecule has 1 aliphatic heterocycles. The van der Waals surface area contributed by atoms with Crippen LogP contribution in [0.1, 0.15) is 29.8 Å². The zero-order valence-electron chi connectivity index (χ0n) is 15.9. The number of halogens is 1. The minimum atomic E-state index is -0.295. The number of hydrogen-bond acceptors (Lipinski definition) is 3. The van der Waals surface area contributed by atoms with Crippen LogP contribution in [-0.4, -0.2) is 28.8 Å². The Hall–Kier alpha value is -3.15. The summed E-state index contributed by atoms with van der Waals surface area (Å²) in [5, 5.41) is 7.20. The summed E-state index contributed by atoms with van der Waals surface area (Å²) >= 11 is 0. The van der Waals surface area contributed by atoms with Crippen LogP contribution in [0.15, 0.2) is 54.6 Å². The molecule has 0 aliphatic carbocycles. The van der Waals surface area contributed by atoms with Crippen LogP contribution in [0.4, 0.5) is 15.8 Å². The van der Waals surface area contributed by atoms with Crippen molar-refractivity contribution in [2.75, 3.05) is 23.3 Å². The summed E-state index contributed by atoms with van der Waals surface area (Å²) in [6.07, 6.45) is 3.76. The first-order chi connectivity index (χ1) is 13.6. The summed E-state index contributed by atoms with van der Waals surface area (Å²) in [6, 6.07) is 15.8. The predicted molar refractivity (Wildman–Crippen MR) is 109 cm³/mol. The number of aromatic nitrogens is 2. The van der Waals surface area contributed by atoms with E-state index in [1.54, 1.807) is 29.9 Å². The molecule has 6 heteroatoms. The summed E-state index contributed by atoms with van der Waals surface area (Å²) < 4.78 is 14.8. The van der Waals surface area contributed by atoms with Crippen molar-refractivity contribution in [1.29, 1.82) is 0 Å². The Labute approximate surface area is 163 Å². The van der Waals surface area contributed by atoms with E-state index in [-0.39, 0.29) is 11.7 Å². The van der Waals surface area contributed by atoms with Gasteiger partial charge >= 0.3 is 0 Å². The minimum Gasteiger partial charge on any atom is -0.372 e. The van der Waals surface area contributed by atoms with Crippen molar-refractivity contribution in [2.45, 2.75) is 19.3 Å². The summed E-state index contributed by atoms with van der Waals surface area (Å²) in [7, 11) is 1.77. The number of rotatable bonds is 4. The maximum absolute atomic E-state index is 13.1. The smallest absolute Gasteiger partial charge is 0.276 e. The van der Waals surface area contributed by atoms with E-state index in [0.717, 1.165) is 30.0 Å². The molecule has 1 N–H and O–H groups in total. The zero-order valence-corrected chi connectivity index (χ0v) is 15.9. The van der Waals surface area contributed by atoms with E-state index in [2.05, 4.69) is 15.3 Å². The molecule has 0 radical (unpaired) electrons. The highest BCUT2D eigenvalue weighted by atomic mass is 19.1. The van der Waals surface area contributed by atoms with Gasteiger partial charge in [0.05, 0.1) is 5.69 Å². The van der Waals surface area contributed by atoms with Crippen molar-refractivity contribution < 1.29 is 9.18 Å². The molecule has 1 aliphatic rings. The third-order valence-corrected chi connectivity index (χ3v) is 5.10. The van der Waals surface area contributed by atoms with Gasteiger partial charge in [0.15, 0.2) is 5.69 Å². The van der Waals surface area contributed by atoms with Gasteiger partial charge in [-0.05, 0) is 79.4 Å². The highest BCUT2D eigenvalue weighted by molar-refractivity contribution is 6.03. The van der Waals surface area contributed by atoms with E-state index >= 15 is 0 Å². The fourth-order valence-electron chi connectivity index (χ4n) is 3.57. The lowest BCUT2D eigenvalue weighted by atomic mass is 10.1. The molecule has 0 spiro atoms. The van der Waals surface area contributed by atoms with Gasteiger partial charge in [-0.15, -0.1) is 0 Å². The van der Waals surface area contributed by atoms with Gasteiger partial charge in [-0.1, -0.05) is 0 Å². The Kier molecular flexibility index (Phi) is 5.10. The van der Waals surface area contributed by atoms with Crippen molar-refractivity contribution in [3.8, 4) is 11.3 Å². The zero-order chi connectivity index (χ0) is 19.5. The molecule has 0 atom stereocenters. The molecule has 28 heavy (non-hydrogen) atoms. The normalized spacial score (nSPS) is 14.1. The number of aryl methyl sites for hydroxylation is 1. The molecule has 1 aromatic heterocycles. The lowest BCUT2D eigenvalue weighted by Gasteiger charge is -2.28. The van der Waals surface area contributed by atoms with Gasteiger partial charge in [0.2, 0.25) is 0 Å². The van der Waals surface area contributed by atoms with Crippen molar-refractivity contribution >= 4 is 17.3 Å². The number of carbonyl (C=O) groups excluding carboxylic acids is 1. The molecule has 2 aromatic carbocycles. The first-order valence-corrected chi connectivity index (χ1v) is 9.56. The Morgan fingerprint density at radius 1 is 1.00 bits per heavy atom. The van der Waals surface area contributed by atoms with E-state index in [0.29, 0.717) is 5.69 Å². The summed E-state index contributed by atoms with van der Waals surface area (Å²) in [4.78, 5) is 15.0. The fourth-order valence-corrected chi connectivity index (χ4v) is 3.57. The van der Waals surface area contributed by atoms with Gasteiger partial charge in [-0.3, -0.25) is 9.48 Å². The van der Waals surface area contributed by atoms with Crippen LogP contribution in [0, 0.1) is 5.82 Å². The standard InChI is InChI=1S/C22H23FN4O/c1-26-21(16-5-7-17(23)8-6-16)15-20(25-26)22(28)24-18-9-11-19(12-10-18)27-13-3-2-4-14-27/h5-12,15H,2-4,13-14H2,1H3,(H,24,28). The molecule has 1 saturated heterocycles. The van der Waals surface area contributed by atoms with Crippen LogP contribution in [0.5, 0.6) is 0 Å². The molecule has 5 nitrogen and oxygen atoms in total. The highest BCUT2D eigenvalue weighted by Crippen LogP contribution is 2.23. The number of hydrogen-bond donors (Lipinski definition) is 1. The van der Waals surface area contributed by atoms with E-state index < -0.39 is 0 Å². The van der Waals surface area contributed by atoms with Gasteiger partial charge in [-0.2, -0.15) is 5.10 Å². The third-order valence-electron chi connectivity index (χ3n) is 5.10. The maximum atomic E-state index is 13.1. The van der Waals surface area contributed by atoms with Gasteiger partial charge in [0.1, 0.15) is 5.82 Å². The molecule has 1 amide bonds. The number of benzene rings is 2. The number of nitrogens with zero attached hydrogens (tertiary/aromatic N) is 3. The summed E-state index contributed by atoms with van der Waals surface area (Å²) in [5.41, 5.74) is 3.81. The number of piperidine rings is 1. The molecule has 144 valence electrons. The molecule has 0 unspecified atom stereocenters. The van der Waals surface area contributed by atoms with E-state index in [9.17, 15) is 9.18 Å². The second-order valence-corrected chi connectivity index (χ2v) is 7.09. The molecular formula is C22H23FN4O. The van der Waals surface area contributed by atoms with Crippen LogP contribution in [-0.2, 0) is 7.05 Å². The Morgan fingerprint density at radius 3 is 2.36 bits per heavy atom. The van der Waals surface area contributed by atoms with Crippen LogP contribution in [0.25, 0.3) is 11.3 Å². The Morgan fingerprint density at radius 2 is 1.68 bits per heavy atom. The monoisotopic (exact) mass is 378 g/mol. The lowest BCUT2D eigenvalue weighted by Crippen LogP contribution is -2.29. The van der Waals surface area contributed by atoms with Crippen molar-refractivity contribution in [3.63, 3.8) is 0 Å². The highest BCUT2D eigenvalue weighted by Gasteiger charge is 2.15. The summed E-state index contributed by atoms with van der Waals surface area (Å²) in [6.45, 7) is 2.18. The lowest BCUT2D eigenvalue weighted by molar-refractivity contribution is 0.102. The maximum Gasteiger partial charge on any atom is 0.276 e. The van der Waals surface area contributed by atoms with Crippen LogP contribution in [0.3, 0.4) is 0 Å². The topological polar surface area (TPSA) is 50.2 Å². The number of nitrogens with one attached hydrogen (secondary N) is 1. The SMILES string of the molecule is Cn1nc(C(=O)Nc2ccc(N3CCCCC3)cc2)cc1-c1ccc(F)cc1. The Bertz CT molecular complexity index is 957. The second-order valence-electron chi connectivity index (χ2n) is 7.09. The summed E-state index contributed by atoms with van der Waals surface area (Å²) in [5.74, 6) is -0.563. The van der Waals surface area contributed by atoms with Gasteiger partial charge in [-0.25, -0.2) is 4.39 Å². The molecule has 4 rings (SSSR count). The molecule has 0 bridgehead atoms. The predicted octanol–water partition coefficient (Wildman–Crippen LogP) is 4.47. The van der Waals surface area contributed by atoms with E-state index in [1.165, 1.54) is 37.1 Å². The minimum absolute atomic E-state index is 0.269. The number of carbonyl (C=O) groups is 1. The van der Waals surface area contributed by atoms with Crippen LogP contribution < -0.4 is 10.2 Å². The molecular weight excluding hydrogens is 355 g/mol. The van der Waals surface area contributed by atoms with Crippen LogP contribution >= 0.6 is 0 Å². The Balaban J connectivity index is 1.46. The van der Waals surface area contributed by atoms with Crippen molar-refractivity contribution in [3.05, 3.63) is 66.1 Å². The average molecular weight is 378 g/mol. The first-order valence-electron chi connectivity index (χ1n) is 9.56. The number of anilines is 2. The third kappa shape index (κ3) is 3.91. The molecule has 0 saturated carbocycles. The van der Waals surface area contributed by atoms with Gasteiger partial charge < -0.3 is 10.2 Å². The van der Waals surface area contributed by atoms with E-state index in [1.807, 2.05) is 24.3 Å². The molecule has 3 aromatic rings. The fraction of sp³-hybridized carbons (Fsp3) is 0.273. The average Bonchev–Trinajstić information content (AvgIpc) is 3.12. The second kappa shape index (κ2) is 7.84. The first kappa shape index (κ1) is 18.2. The van der Waals surface area contributed by atoms with Crippen LogP contribution in [0.2, 0.25) is 0 Å². The van der Waals surface area contributed by atoms with Crippen molar-refractivity contribution in [1.82, 2.24) is 9.78 Å². The van der Waals surface area contributed by atoms with Gasteiger partial charge in [0.25, 0.3) is 5.91 Å². The molecule has 2 heterocycles. The van der Waals surface area contributed by atoms with Gasteiger partial charge in [0, 0.05) is 31.5 Å². The van der Waals surface area contributed by atoms with E-state index in [4.69, 9.17) is 0 Å². The quantitative estimate of drug-likeness (QED) is 0.729.